The van der Waals surface area contributed by atoms with Crippen LogP contribution in [0.2, 0.25) is 0 Å². The Morgan fingerprint density at radius 3 is 2.48 bits per heavy atom. The molecule has 0 radical (unpaired) electrons. The van der Waals surface area contributed by atoms with Crippen molar-refractivity contribution in [3.8, 4) is 5.75 Å². The number of amides is 1. The molecule has 8 nitrogen and oxygen atoms in total. The van der Waals surface area contributed by atoms with Gasteiger partial charge in [-0.05, 0) is 17.7 Å². The number of rotatable bonds is 2. The summed E-state index contributed by atoms with van der Waals surface area (Å²) in [6.45, 7) is -0.0548. The molecule has 11 heteroatoms. The van der Waals surface area contributed by atoms with Crippen LogP contribution in [0.1, 0.15) is 5.56 Å². The molecule has 1 aromatic heterocycles. The van der Waals surface area contributed by atoms with Gasteiger partial charge in [-0.25, -0.2) is 14.6 Å². The summed E-state index contributed by atoms with van der Waals surface area (Å²) in [5.41, 5.74) is 0.595. The normalized spacial score (nSPS) is 13.3. The Morgan fingerprint density at radius 2 is 1.96 bits per heavy atom. The molecule has 0 unspecified atom stereocenters. The highest BCUT2D eigenvalue weighted by Gasteiger charge is 2.38. The molecular weight excluding hydrogens is 325 g/mol. The molecule has 0 spiro atoms. The van der Waals surface area contributed by atoms with Crippen molar-refractivity contribution in [1.29, 1.82) is 0 Å². The van der Waals surface area contributed by atoms with Crippen LogP contribution >= 0.6 is 0 Å². The Kier molecular flexibility index (Phi) is 5.65. The maximum Gasteiger partial charge on any atom is 0.490 e. The minimum absolute atomic E-state index is 0.0548. The lowest BCUT2D eigenvalue weighted by Crippen LogP contribution is -2.26. The molecule has 0 saturated heterocycles. The fraction of sp³-hybridized carbons (Fsp3) is 0.167. The topological polar surface area (TPSA) is 126 Å². The number of nitrogens with zero attached hydrogens (tertiary/aromatic N) is 1. The quantitative estimate of drug-likeness (QED) is 0.692. The summed E-state index contributed by atoms with van der Waals surface area (Å²) in [6.07, 6.45) is -1.23. The van der Waals surface area contributed by atoms with Gasteiger partial charge in [0, 0.05) is 12.3 Å². The van der Waals surface area contributed by atoms with E-state index in [4.69, 9.17) is 19.7 Å². The Hall–Kier alpha value is -3.11. The highest BCUT2D eigenvalue weighted by Crippen LogP contribution is 2.26. The zero-order valence-electron chi connectivity index (χ0n) is 11.1. The third-order valence-corrected chi connectivity index (χ3v) is 2.15. The Labute approximate surface area is 126 Å². The van der Waals surface area contributed by atoms with E-state index in [1.54, 1.807) is 6.07 Å². The molecule has 0 atom stereocenters. The van der Waals surface area contributed by atoms with Crippen molar-refractivity contribution < 1.29 is 42.5 Å². The van der Waals surface area contributed by atoms with E-state index in [1.165, 1.54) is 12.3 Å². The molecule has 1 aliphatic heterocycles. The van der Waals surface area contributed by atoms with Crippen molar-refractivity contribution in [3.05, 3.63) is 23.9 Å². The minimum atomic E-state index is -5.08. The number of pyridine rings is 1. The van der Waals surface area contributed by atoms with Crippen molar-refractivity contribution in [1.82, 2.24) is 4.98 Å². The van der Waals surface area contributed by atoms with Crippen molar-refractivity contribution in [3.63, 3.8) is 0 Å². The van der Waals surface area contributed by atoms with Gasteiger partial charge in [-0.2, -0.15) is 13.2 Å². The largest absolute Gasteiger partial charge is 0.490 e. The first-order valence-corrected chi connectivity index (χ1v) is 5.73. The van der Waals surface area contributed by atoms with Gasteiger partial charge in [-0.1, -0.05) is 0 Å². The molecule has 0 aliphatic carbocycles. The molecule has 1 aliphatic rings. The zero-order chi connectivity index (χ0) is 17.6. The third-order valence-electron chi connectivity index (χ3n) is 2.15. The monoisotopic (exact) mass is 334 g/mol. The highest BCUT2D eigenvalue weighted by atomic mass is 19.4. The predicted molar refractivity (Wildman–Crippen MR) is 68.7 cm³/mol. The minimum Gasteiger partial charge on any atom is -0.480 e. The van der Waals surface area contributed by atoms with Crippen LogP contribution in [0.15, 0.2) is 18.3 Å². The van der Waals surface area contributed by atoms with Gasteiger partial charge in [0.25, 0.3) is 5.91 Å². The first-order chi connectivity index (χ1) is 10.6. The van der Waals surface area contributed by atoms with E-state index >= 15 is 0 Å². The molecular formula is C12H9F3N2O6. The summed E-state index contributed by atoms with van der Waals surface area (Å²) in [5, 5.41) is 18.1. The number of hydrogen-bond donors (Lipinski definition) is 3. The summed E-state index contributed by atoms with van der Waals surface area (Å²) in [5.74, 6) is -3.26. The van der Waals surface area contributed by atoms with Crippen LogP contribution in [0.3, 0.4) is 0 Å². The highest BCUT2D eigenvalue weighted by molar-refractivity contribution is 5.94. The molecule has 2 rings (SSSR count). The molecule has 1 amide bonds. The van der Waals surface area contributed by atoms with Crippen LogP contribution in [0.25, 0.3) is 6.08 Å². The van der Waals surface area contributed by atoms with Crippen molar-refractivity contribution >= 4 is 29.7 Å². The fourth-order valence-corrected chi connectivity index (χ4v) is 1.23. The van der Waals surface area contributed by atoms with E-state index in [0.717, 1.165) is 6.08 Å². The number of fused-ring (bicyclic) bond motifs is 1. The SMILES string of the molecule is O=C(O)/C=C/c1cnc2c(c1)OCC(=O)N2.O=C(O)C(F)(F)F. The molecule has 0 saturated carbocycles. The average Bonchev–Trinajstić information content (AvgIpc) is 2.44. The van der Waals surface area contributed by atoms with Crippen molar-refractivity contribution in [2.75, 3.05) is 11.9 Å². The lowest BCUT2D eigenvalue weighted by molar-refractivity contribution is -0.192. The van der Waals surface area contributed by atoms with Gasteiger partial charge in [0.1, 0.15) is 0 Å². The number of carbonyl (C=O) groups excluding carboxylic acids is 1. The number of anilines is 1. The van der Waals surface area contributed by atoms with Crippen LogP contribution in [0.4, 0.5) is 19.0 Å². The summed E-state index contributed by atoms with van der Waals surface area (Å²) in [7, 11) is 0. The Morgan fingerprint density at radius 1 is 1.35 bits per heavy atom. The maximum atomic E-state index is 11.0. The zero-order valence-corrected chi connectivity index (χ0v) is 11.1. The first kappa shape index (κ1) is 17.9. The molecule has 0 bridgehead atoms. The number of ether oxygens (including phenoxy) is 1. The van der Waals surface area contributed by atoms with E-state index in [2.05, 4.69) is 10.3 Å². The average molecular weight is 334 g/mol. The summed E-state index contributed by atoms with van der Waals surface area (Å²) in [4.78, 5) is 34.1. The second-order valence-electron chi connectivity index (χ2n) is 3.93. The number of carboxylic acids is 2. The van der Waals surface area contributed by atoms with Crippen molar-refractivity contribution in [2.45, 2.75) is 6.18 Å². The standard InChI is InChI=1S/C10H8N2O4.C2HF3O2/c13-8-5-16-7-3-6(1-2-9(14)15)4-11-10(7)12-8;3-2(4,5)1(6)7/h1-4H,5H2,(H,14,15)(H,11,12,13);(H,6,7)/b2-1+;. The fourth-order valence-electron chi connectivity index (χ4n) is 1.23. The predicted octanol–water partition coefficient (Wildman–Crippen LogP) is 1.14. The smallest absolute Gasteiger partial charge is 0.480 e. The van der Waals surface area contributed by atoms with Gasteiger partial charge in [-0.15, -0.1) is 0 Å². The summed E-state index contributed by atoms with van der Waals surface area (Å²) >= 11 is 0. The van der Waals surface area contributed by atoms with Gasteiger partial charge in [0.2, 0.25) is 0 Å². The van der Waals surface area contributed by atoms with E-state index in [1.807, 2.05) is 0 Å². The van der Waals surface area contributed by atoms with Gasteiger partial charge in [-0.3, -0.25) is 4.79 Å². The van der Waals surface area contributed by atoms with Crippen LogP contribution in [-0.2, 0) is 14.4 Å². The number of carbonyl (C=O) groups is 3. The molecule has 1 aromatic rings. The molecule has 124 valence electrons. The van der Waals surface area contributed by atoms with Crippen LogP contribution in [0.5, 0.6) is 5.75 Å². The Bertz CT molecular complexity index is 657. The second-order valence-corrected chi connectivity index (χ2v) is 3.93. The van der Waals surface area contributed by atoms with Crippen LogP contribution < -0.4 is 10.1 Å². The number of hydrogen-bond acceptors (Lipinski definition) is 5. The molecule has 23 heavy (non-hydrogen) atoms. The molecule has 0 aromatic carbocycles. The van der Waals surface area contributed by atoms with E-state index < -0.39 is 18.1 Å². The van der Waals surface area contributed by atoms with Crippen molar-refractivity contribution in [2.24, 2.45) is 0 Å². The molecule has 3 N–H and O–H groups in total. The van der Waals surface area contributed by atoms with Gasteiger partial charge in [0.15, 0.2) is 18.2 Å². The van der Waals surface area contributed by atoms with Gasteiger partial charge in [0.05, 0.1) is 0 Å². The maximum absolute atomic E-state index is 11.0. The number of halogens is 3. The van der Waals surface area contributed by atoms with Gasteiger partial charge >= 0.3 is 18.1 Å². The van der Waals surface area contributed by atoms with Gasteiger partial charge < -0.3 is 20.3 Å². The molecule has 2 heterocycles. The Balaban J connectivity index is 0.000000322. The number of nitrogens with one attached hydrogen (secondary N) is 1. The number of carboxylic acid groups (broad SMARTS) is 2. The summed E-state index contributed by atoms with van der Waals surface area (Å²) < 4.78 is 36.9. The number of aromatic nitrogens is 1. The molecule has 0 fully saturated rings. The first-order valence-electron chi connectivity index (χ1n) is 5.73. The number of aliphatic carboxylic acids is 2. The number of alkyl halides is 3. The third kappa shape index (κ3) is 6.03. The van der Waals surface area contributed by atoms with E-state index in [-0.39, 0.29) is 12.5 Å². The van der Waals surface area contributed by atoms with E-state index in [9.17, 15) is 22.8 Å². The van der Waals surface area contributed by atoms with E-state index in [0.29, 0.717) is 17.1 Å². The van der Waals surface area contributed by atoms with Crippen LogP contribution in [0, 0.1) is 0 Å². The lowest BCUT2D eigenvalue weighted by Gasteiger charge is -2.16. The van der Waals surface area contributed by atoms with Crippen LogP contribution in [-0.4, -0.2) is 45.8 Å². The summed E-state index contributed by atoms with van der Waals surface area (Å²) in [6, 6.07) is 1.61. The lowest BCUT2D eigenvalue weighted by atomic mass is 10.2. The second kappa shape index (κ2) is 7.24.